The summed E-state index contributed by atoms with van der Waals surface area (Å²) in [6.07, 6.45) is 0.998. The van der Waals surface area contributed by atoms with Gasteiger partial charge in [-0.3, -0.25) is 9.59 Å². The van der Waals surface area contributed by atoms with E-state index in [1.165, 1.54) is 0 Å². The van der Waals surface area contributed by atoms with E-state index in [4.69, 9.17) is 9.47 Å². The molecule has 3 rings (SSSR count). The molecule has 0 bridgehead atoms. The zero-order valence-electron chi connectivity index (χ0n) is 16.5. The minimum atomic E-state index is -0.261. The average Bonchev–Trinajstić information content (AvgIpc) is 3.35. The van der Waals surface area contributed by atoms with Gasteiger partial charge < -0.3 is 19.3 Å². The summed E-state index contributed by atoms with van der Waals surface area (Å²) >= 11 is 1.63. The number of hydrogen-bond donors (Lipinski definition) is 0. The van der Waals surface area contributed by atoms with Gasteiger partial charge in [-0.15, -0.1) is 11.3 Å². The Hall–Kier alpha value is -2.54. The molecule has 2 aromatic rings. The van der Waals surface area contributed by atoms with E-state index in [1.54, 1.807) is 42.4 Å². The highest BCUT2D eigenvalue weighted by Gasteiger charge is 2.35. The molecule has 0 saturated carbocycles. The van der Waals surface area contributed by atoms with Crippen LogP contribution in [0.3, 0.4) is 0 Å². The Balaban J connectivity index is 1.55. The minimum Gasteiger partial charge on any atom is -0.493 e. The van der Waals surface area contributed by atoms with Gasteiger partial charge in [0.1, 0.15) is 0 Å². The molecule has 1 unspecified atom stereocenters. The van der Waals surface area contributed by atoms with Crippen molar-refractivity contribution in [3.63, 3.8) is 0 Å². The highest BCUT2D eigenvalue weighted by atomic mass is 32.1. The monoisotopic (exact) mass is 402 g/mol. The number of carbonyl (C=O) groups excluding carboxylic acids is 2. The number of benzene rings is 1. The van der Waals surface area contributed by atoms with E-state index in [0.29, 0.717) is 44.0 Å². The third-order valence-corrected chi connectivity index (χ3v) is 5.89. The summed E-state index contributed by atoms with van der Waals surface area (Å²) in [5, 5.41) is 2.00. The summed E-state index contributed by atoms with van der Waals surface area (Å²) in [4.78, 5) is 29.8. The third-order valence-electron chi connectivity index (χ3n) is 5.03. The second kappa shape index (κ2) is 9.10. The lowest BCUT2D eigenvalue weighted by Gasteiger charge is -2.21. The van der Waals surface area contributed by atoms with Crippen LogP contribution in [0.15, 0.2) is 35.7 Å². The highest BCUT2D eigenvalue weighted by Crippen LogP contribution is 2.28. The van der Waals surface area contributed by atoms with E-state index in [1.807, 2.05) is 35.7 Å². The van der Waals surface area contributed by atoms with Crippen LogP contribution < -0.4 is 9.47 Å². The topological polar surface area (TPSA) is 59.1 Å². The lowest BCUT2D eigenvalue weighted by Crippen LogP contribution is -2.34. The molecule has 1 aliphatic rings. The predicted molar refractivity (Wildman–Crippen MR) is 109 cm³/mol. The molecule has 150 valence electrons. The van der Waals surface area contributed by atoms with Crippen LogP contribution in [0.2, 0.25) is 0 Å². The van der Waals surface area contributed by atoms with Crippen molar-refractivity contribution in [2.24, 2.45) is 5.92 Å². The molecule has 1 atom stereocenters. The molecule has 0 N–H and O–H groups in total. The number of rotatable bonds is 8. The number of nitrogens with zero attached hydrogens (tertiary/aromatic N) is 2. The Morgan fingerprint density at radius 3 is 2.71 bits per heavy atom. The van der Waals surface area contributed by atoms with E-state index in [0.717, 1.165) is 10.4 Å². The van der Waals surface area contributed by atoms with Gasteiger partial charge >= 0.3 is 0 Å². The fraction of sp³-hybridized carbons (Fsp3) is 0.429. The van der Waals surface area contributed by atoms with Gasteiger partial charge in [0.2, 0.25) is 11.8 Å². The predicted octanol–water partition coefficient (Wildman–Crippen LogP) is 2.81. The van der Waals surface area contributed by atoms with Crippen LogP contribution >= 0.6 is 11.3 Å². The Kier molecular flexibility index (Phi) is 6.57. The summed E-state index contributed by atoms with van der Waals surface area (Å²) in [5.41, 5.74) is 1.06. The normalized spacial score (nSPS) is 16.3. The molecule has 2 amide bonds. The van der Waals surface area contributed by atoms with Crippen LogP contribution in [0.25, 0.3) is 0 Å². The molecule has 1 fully saturated rings. The Morgan fingerprint density at radius 1 is 1.25 bits per heavy atom. The van der Waals surface area contributed by atoms with Crippen molar-refractivity contribution < 1.29 is 19.1 Å². The number of ether oxygens (including phenoxy) is 2. The van der Waals surface area contributed by atoms with Gasteiger partial charge in [-0.1, -0.05) is 12.1 Å². The molecule has 0 radical (unpaired) electrons. The first-order valence-corrected chi connectivity index (χ1v) is 10.2. The van der Waals surface area contributed by atoms with E-state index in [-0.39, 0.29) is 17.7 Å². The van der Waals surface area contributed by atoms with Gasteiger partial charge in [-0.25, -0.2) is 0 Å². The number of methoxy groups -OCH3 is 2. The Bertz CT molecular complexity index is 822. The second-order valence-corrected chi connectivity index (χ2v) is 7.99. The van der Waals surface area contributed by atoms with Gasteiger partial charge in [-0.05, 0) is 35.6 Å². The van der Waals surface area contributed by atoms with Gasteiger partial charge in [0.25, 0.3) is 0 Å². The van der Waals surface area contributed by atoms with Crippen molar-refractivity contribution in [1.82, 2.24) is 9.80 Å². The van der Waals surface area contributed by atoms with Crippen LogP contribution in [0.4, 0.5) is 0 Å². The zero-order valence-corrected chi connectivity index (χ0v) is 17.3. The largest absolute Gasteiger partial charge is 0.493 e. The molecule has 1 aromatic heterocycles. The summed E-state index contributed by atoms with van der Waals surface area (Å²) < 4.78 is 10.6. The lowest BCUT2D eigenvalue weighted by atomic mass is 10.1. The first-order valence-electron chi connectivity index (χ1n) is 9.28. The number of hydrogen-bond acceptors (Lipinski definition) is 5. The van der Waals surface area contributed by atoms with Gasteiger partial charge in [0, 0.05) is 31.4 Å². The third kappa shape index (κ3) is 4.65. The molecule has 6 nitrogen and oxygen atoms in total. The van der Waals surface area contributed by atoms with Gasteiger partial charge in [0.05, 0.1) is 26.7 Å². The first-order chi connectivity index (χ1) is 13.5. The number of amides is 2. The maximum Gasteiger partial charge on any atom is 0.228 e. The quantitative estimate of drug-likeness (QED) is 0.681. The van der Waals surface area contributed by atoms with Crippen LogP contribution in [-0.4, -0.2) is 56.0 Å². The Labute approximate surface area is 169 Å². The zero-order chi connectivity index (χ0) is 20.1. The van der Waals surface area contributed by atoms with E-state index >= 15 is 0 Å². The fourth-order valence-corrected chi connectivity index (χ4v) is 4.24. The summed E-state index contributed by atoms with van der Waals surface area (Å²) in [7, 11) is 5.01. The fourth-order valence-electron chi connectivity index (χ4n) is 3.48. The average molecular weight is 403 g/mol. The SMILES string of the molecule is COc1ccc(CCN2CC(C(=O)N(C)Cc3cccs3)CC2=O)cc1OC. The van der Waals surface area contributed by atoms with Crippen LogP contribution in [0, 0.1) is 5.92 Å². The van der Waals surface area contributed by atoms with Crippen LogP contribution in [-0.2, 0) is 22.6 Å². The van der Waals surface area contributed by atoms with Gasteiger partial charge in [-0.2, -0.15) is 0 Å². The van der Waals surface area contributed by atoms with Crippen molar-refractivity contribution in [2.75, 3.05) is 34.4 Å². The van der Waals surface area contributed by atoms with Crippen LogP contribution in [0.1, 0.15) is 16.9 Å². The molecular formula is C21H26N2O4S. The van der Waals surface area contributed by atoms with E-state index in [2.05, 4.69) is 0 Å². The van der Waals surface area contributed by atoms with Crippen molar-refractivity contribution in [1.29, 1.82) is 0 Å². The molecule has 1 aromatic carbocycles. The molecule has 1 saturated heterocycles. The summed E-state index contributed by atoms with van der Waals surface area (Å²) in [6, 6.07) is 9.76. The molecular weight excluding hydrogens is 376 g/mol. The van der Waals surface area contributed by atoms with Crippen molar-refractivity contribution in [3.8, 4) is 11.5 Å². The summed E-state index contributed by atoms with van der Waals surface area (Å²) in [6.45, 7) is 1.67. The number of thiophene rings is 1. The maximum absolute atomic E-state index is 12.7. The van der Waals surface area contributed by atoms with Crippen molar-refractivity contribution in [3.05, 3.63) is 46.2 Å². The second-order valence-electron chi connectivity index (χ2n) is 6.95. The molecule has 1 aliphatic heterocycles. The van der Waals surface area contributed by atoms with Crippen molar-refractivity contribution >= 4 is 23.2 Å². The number of likely N-dealkylation sites (tertiary alicyclic amines) is 1. The smallest absolute Gasteiger partial charge is 0.228 e. The number of carbonyl (C=O) groups is 2. The molecule has 2 heterocycles. The van der Waals surface area contributed by atoms with E-state index in [9.17, 15) is 9.59 Å². The molecule has 7 heteroatoms. The highest BCUT2D eigenvalue weighted by molar-refractivity contribution is 7.09. The van der Waals surface area contributed by atoms with Gasteiger partial charge in [0.15, 0.2) is 11.5 Å². The summed E-state index contributed by atoms with van der Waals surface area (Å²) in [5.74, 6) is 1.18. The van der Waals surface area contributed by atoms with Crippen LogP contribution in [0.5, 0.6) is 11.5 Å². The Morgan fingerprint density at radius 2 is 2.04 bits per heavy atom. The standard InChI is InChI=1S/C21H26N2O4S/c1-22(14-17-5-4-10-28-17)21(25)16-12-20(24)23(13-16)9-8-15-6-7-18(26-2)19(11-15)27-3/h4-7,10-11,16H,8-9,12-14H2,1-3H3. The lowest BCUT2D eigenvalue weighted by molar-refractivity contribution is -0.135. The molecule has 0 aliphatic carbocycles. The molecule has 0 spiro atoms. The van der Waals surface area contributed by atoms with Crippen molar-refractivity contribution in [2.45, 2.75) is 19.4 Å². The minimum absolute atomic E-state index is 0.0374. The molecule has 28 heavy (non-hydrogen) atoms. The maximum atomic E-state index is 12.7. The van der Waals surface area contributed by atoms with E-state index < -0.39 is 0 Å². The first kappa shape index (κ1) is 20.2.